The average molecular weight is 186 g/mol. The van der Waals surface area contributed by atoms with Crippen molar-refractivity contribution >= 4 is 5.84 Å². The van der Waals surface area contributed by atoms with E-state index in [-0.39, 0.29) is 5.84 Å². The van der Waals surface area contributed by atoms with Gasteiger partial charge < -0.3 is 5.84 Å². The van der Waals surface area contributed by atoms with Crippen molar-refractivity contribution in [2.45, 2.75) is 6.92 Å². The third kappa shape index (κ3) is 1.63. The first kappa shape index (κ1) is 9.17. The fourth-order valence-electron chi connectivity index (χ4n) is 0.750. The van der Waals surface area contributed by atoms with Gasteiger partial charge in [-0.15, -0.1) is 0 Å². The molecule has 1 aromatic rings. The lowest BCUT2D eigenvalue weighted by atomic mass is 10.5. The van der Waals surface area contributed by atoms with Crippen LogP contribution in [0, 0.1) is 5.82 Å². The number of H-pyrrole nitrogens is 1. The summed E-state index contributed by atoms with van der Waals surface area (Å²) in [6.07, 6.45) is 0.729. The molecular formula is C6H7FN4O2. The van der Waals surface area contributed by atoms with E-state index in [1.54, 1.807) is 4.98 Å². The molecule has 0 bridgehead atoms. The Balaban J connectivity index is 3.50. The van der Waals surface area contributed by atoms with Gasteiger partial charge in [-0.2, -0.15) is 9.49 Å². The van der Waals surface area contributed by atoms with Gasteiger partial charge in [-0.1, -0.05) is 0 Å². The summed E-state index contributed by atoms with van der Waals surface area (Å²) in [5, 5.41) is 3.18. The molecule has 6 nitrogen and oxygen atoms in total. The maximum Gasteiger partial charge on any atom is 0.334 e. The number of hydrogen-bond donors (Lipinski definition) is 2. The van der Waals surface area contributed by atoms with Crippen LogP contribution in [0.4, 0.5) is 4.39 Å². The molecule has 0 atom stereocenters. The summed E-state index contributed by atoms with van der Waals surface area (Å²) in [5.41, 5.74) is -1.84. The third-order valence-electron chi connectivity index (χ3n) is 1.43. The lowest BCUT2D eigenvalue weighted by molar-refractivity contribution is 0.589. The molecule has 0 aromatic carbocycles. The molecule has 1 aromatic heterocycles. The number of hydrogen-bond acceptors (Lipinski definition) is 4. The number of halogens is 1. The highest BCUT2D eigenvalue weighted by atomic mass is 19.1. The van der Waals surface area contributed by atoms with Crippen LogP contribution in [-0.4, -0.2) is 15.4 Å². The Morgan fingerprint density at radius 2 is 2.31 bits per heavy atom. The molecule has 7 heteroatoms. The zero-order chi connectivity index (χ0) is 10.0. The van der Waals surface area contributed by atoms with Crippen LogP contribution in [0.5, 0.6) is 0 Å². The van der Waals surface area contributed by atoms with Gasteiger partial charge in [-0.05, 0) is 6.92 Å². The van der Waals surface area contributed by atoms with Crippen LogP contribution in [0.25, 0.3) is 0 Å². The van der Waals surface area contributed by atoms with Crippen LogP contribution < -0.4 is 17.1 Å². The van der Waals surface area contributed by atoms with Crippen LogP contribution in [-0.2, 0) is 0 Å². The normalized spacial score (nSPS) is 11.7. The van der Waals surface area contributed by atoms with Gasteiger partial charge in [0.2, 0.25) is 5.82 Å². The van der Waals surface area contributed by atoms with Gasteiger partial charge in [0.1, 0.15) is 5.84 Å². The van der Waals surface area contributed by atoms with E-state index >= 15 is 0 Å². The van der Waals surface area contributed by atoms with E-state index in [1.165, 1.54) is 6.92 Å². The molecule has 70 valence electrons. The monoisotopic (exact) mass is 186 g/mol. The Kier molecular flexibility index (Phi) is 2.27. The summed E-state index contributed by atoms with van der Waals surface area (Å²) in [4.78, 5) is 23.3. The molecule has 1 heterocycles. The molecule has 0 amide bonds. The van der Waals surface area contributed by atoms with Gasteiger partial charge in [0.15, 0.2) is 0 Å². The topological polar surface area (TPSA) is 93.2 Å². The summed E-state index contributed by atoms with van der Waals surface area (Å²) in [6, 6.07) is 0. The predicted molar refractivity (Wildman–Crippen MR) is 44.0 cm³/mol. The number of nitrogens with two attached hydrogens (primary N) is 1. The molecule has 0 saturated carbocycles. The fourth-order valence-corrected chi connectivity index (χ4v) is 0.750. The van der Waals surface area contributed by atoms with E-state index < -0.39 is 17.1 Å². The SMILES string of the molecule is C/C(=N/N)n1cc(F)c(=O)[nH]c1=O. The van der Waals surface area contributed by atoms with Gasteiger partial charge >= 0.3 is 5.69 Å². The minimum Gasteiger partial charge on any atom is -0.322 e. The van der Waals surface area contributed by atoms with Crippen molar-refractivity contribution < 1.29 is 4.39 Å². The lowest BCUT2D eigenvalue weighted by Crippen LogP contribution is -2.34. The van der Waals surface area contributed by atoms with Crippen molar-refractivity contribution in [2.24, 2.45) is 10.9 Å². The molecule has 0 unspecified atom stereocenters. The van der Waals surface area contributed by atoms with Crippen LogP contribution in [0.15, 0.2) is 20.9 Å². The highest BCUT2D eigenvalue weighted by Gasteiger charge is 2.04. The van der Waals surface area contributed by atoms with Crippen molar-refractivity contribution in [3.63, 3.8) is 0 Å². The van der Waals surface area contributed by atoms with Crippen LogP contribution in [0.2, 0.25) is 0 Å². The maximum atomic E-state index is 12.7. The number of aromatic nitrogens is 2. The molecule has 0 spiro atoms. The second-order valence-corrected chi connectivity index (χ2v) is 2.28. The Morgan fingerprint density at radius 3 is 2.85 bits per heavy atom. The average Bonchev–Trinajstić information content (AvgIpc) is 2.10. The lowest BCUT2D eigenvalue weighted by Gasteiger charge is -2.00. The van der Waals surface area contributed by atoms with Gasteiger partial charge in [-0.3, -0.25) is 14.3 Å². The van der Waals surface area contributed by atoms with Crippen molar-refractivity contribution in [1.29, 1.82) is 0 Å². The molecule has 13 heavy (non-hydrogen) atoms. The minimum absolute atomic E-state index is 0.0835. The minimum atomic E-state index is -1.07. The summed E-state index contributed by atoms with van der Waals surface area (Å²) in [6.45, 7) is 1.40. The number of rotatable bonds is 0. The quantitative estimate of drug-likeness (QED) is 0.231. The molecule has 0 radical (unpaired) electrons. The van der Waals surface area contributed by atoms with Crippen LogP contribution in [0.1, 0.15) is 6.92 Å². The molecular weight excluding hydrogens is 179 g/mol. The van der Waals surface area contributed by atoms with Gasteiger partial charge in [0, 0.05) is 0 Å². The number of nitrogens with one attached hydrogen (secondary N) is 1. The Morgan fingerprint density at radius 1 is 1.69 bits per heavy atom. The molecule has 0 saturated heterocycles. The van der Waals surface area contributed by atoms with E-state index in [9.17, 15) is 14.0 Å². The van der Waals surface area contributed by atoms with Gasteiger partial charge in [-0.25, -0.2) is 4.79 Å². The van der Waals surface area contributed by atoms with E-state index in [1.807, 2.05) is 0 Å². The van der Waals surface area contributed by atoms with Crippen LogP contribution >= 0.6 is 0 Å². The summed E-state index contributed by atoms with van der Waals surface area (Å²) in [7, 11) is 0. The van der Waals surface area contributed by atoms with Crippen molar-refractivity contribution in [2.75, 3.05) is 0 Å². The maximum absolute atomic E-state index is 12.7. The Labute approximate surface area is 71.5 Å². The highest BCUT2D eigenvalue weighted by Crippen LogP contribution is 1.84. The molecule has 0 aliphatic heterocycles. The first-order valence-electron chi connectivity index (χ1n) is 3.32. The zero-order valence-electron chi connectivity index (χ0n) is 6.74. The number of aromatic amines is 1. The van der Waals surface area contributed by atoms with E-state index in [4.69, 9.17) is 5.84 Å². The zero-order valence-corrected chi connectivity index (χ0v) is 6.74. The largest absolute Gasteiger partial charge is 0.334 e. The fraction of sp³-hybridized carbons (Fsp3) is 0.167. The smallest absolute Gasteiger partial charge is 0.322 e. The van der Waals surface area contributed by atoms with E-state index in [0.717, 1.165) is 10.8 Å². The highest BCUT2D eigenvalue weighted by molar-refractivity contribution is 5.81. The summed E-state index contributed by atoms with van der Waals surface area (Å²) < 4.78 is 13.5. The predicted octanol–water partition coefficient (Wildman–Crippen LogP) is -1.18. The molecule has 0 fully saturated rings. The van der Waals surface area contributed by atoms with Crippen molar-refractivity contribution in [1.82, 2.24) is 9.55 Å². The standard InChI is InChI=1S/C6H7FN4O2/c1-3(10-8)11-2-4(7)5(12)9-6(11)13/h2H,8H2,1H3,(H,9,12,13)/b10-3-. The first-order chi connectivity index (χ1) is 6.06. The molecule has 3 N–H and O–H groups in total. The Bertz CT molecular complexity index is 458. The summed E-state index contributed by atoms with van der Waals surface area (Å²) in [5.74, 6) is 3.89. The second kappa shape index (κ2) is 3.21. The Hall–Kier alpha value is -1.92. The van der Waals surface area contributed by atoms with E-state index in [0.29, 0.717) is 0 Å². The first-order valence-corrected chi connectivity index (χ1v) is 3.32. The second-order valence-electron chi connectivity index (χ2n) is 2.28. The summed E-state index contributed by atoms with van der Waals surface area (Å²) >= 11 is 0. The number of hydrazone groups is 1. The van der Waals surface area contributed by atoms with Gasteiger partial charge in [0.05, 0.1) is 6.20 Å². The molecule has 1 rings (SSSR count). The van der Waals surface area contributed by atoms with Gasteiger partial charge in [0.25, 0.3) is 5.56 Å². The number of nitrogens with zero attached hydrogens (tertiary/aromatic N) is 2. The van der Waals surface area contributed by atoms with Crippen molar-refractivity contribution in [3.05, 3.63) is 32.9 Å². The van der Waals surface area contributed by atoms with E-state index in [2.05, 4.69) is 5.10 Å². The molecule has 0 aliphatic rings. The molecule has 0 aliphatic carbocycles. The van der Waals surface area contributed by atoms with Crippen LogP contribution in [0.3, 0.4) is 0 Å². The third-order valence-corrected chi connectivity index (χ3v) is 1.43. The van der Waals surface area contributed by atoms with Crippen molar-refractivity contribution in [3.8, 4) is 0 Å².